The fraction of sp³-hybridized carbons (Fsp3) is 0.125. The number of nitriles is 1. The summed E-state index contributed by atoms with van der Waals surface area (Å²) in [6.45, 7) is 0. The Morgan fingerprint density at radius 2 is 2.21 bits per heavy atom. The van der Waals surface area contributed by atoms with Crippen LogP contribution >= 0.6 is 0 Å². The molecule has 1 aromatic carbocycles. The first kappa shape index (κ1) is 10.7. The minimum atomic E-state index is -3.67. The van der Waals surface area contributed by atoms with Crippen LogP contribution in [0.5, 0.6) is 0 Å². The van der Waals surface area contributed by atoms with Crippen LogP contribution < -0.4 is 4.89 Å². The molecule has 0 aliphatic carbocycles. The standard InChI is InChI=1S/C8H8N2O3S/c1-13-10-14(11,12)8-4-2-3-7(5-8)6-9/h2-5,10H,1H3. The second kappa shape index (κ2) is 4.19. The van der Waals surface area contributed by atoms with Gasteiger partial charge in [-0.15, -0.1) is 0 Å². The highest BCUT2D eigenvalue weighted by Crippen LogP contribution is 2.10. The summed E-state index contributed by atoms with van der Waals surface area (Å²) in [4.78, 5) is 6.16. The third-order valence-electron chi connectivity index (χ3n) is 1.47. The molecule has 0 aromatic heterocycles. The number of sulfonamides is 1. The van der Waals surface area contributed by atoms with E-state index in [9.17, 15) is 8.42 Å². The van der Waals surface area contributed by atoms with Gasteiger partial charge in [-0.1, -0.05) is 11.0 Å². The van der Waals surface area contributed by atoms with E-state index in [2.05, 4.69) is 4.84 Å². The van der Waals surface area contributed by atoms with Crippen molar-refractivity contribution in [2.75, 3.05) is 7.11 Å². The van der Waals surface area contributed by atoms with Crippen molar-refractivity contribution in [3.05, 3.63) is 29.8 Å². The fourth-order valence-electron chi connectivity index (χ4n) is 0.891. The topological polar surface area (TPSA) is 79.2 Å². The summed E-state index contributed by atoms with van der Waals surface area (Å²) in [7, 11) is -2.47. The van der Waals surface area contributed by atoms with E-state index in [4.69, 9.17) is 5.26 Å². The van der Waals surface area contributed by atoms with E-state index >= 15 is 0 Å². The Morgan fingerprint density at radius 3 is 2.79 bits per heavy atom. The fourth-order valence-corrected chi connectivity index (χ4v) is 1.75. The van der Waals surface area contributed by atoms with Gasteiger partial charge in [0, 0.05) is 0 Å². The molecule has 0 atom stereocenters. The Bertz CT molecular complexity index is 462. The van der Waals surface area contributed by atoms with Crippen molar-refractivity contribution in [1.82, 2.24) is 4.89 Å². The molecule has 0 saturated carbocycles. The van der Waals surface area contributed by atoms with Crippen LogP contribution in [0.15, 0.2) is 29.2 Å². The van der Waals surface area contributed by atoms with E-state index in [1.54, 1.807) is 0 Å². The van der Waals surface area contributed by atoms with Crippen LogP contribution in [0.1, 0.15) is 5.56 Å². The van der Waals surface area contributed by atoms with Crippen molar-refractivity contribution in [3.63, 3.8) is 0 Å². The molecule has 1 rings (SSSR count). The highest BCUT2D eigenvalue weighted by atomic mass is 32.2. The summed E-state index contributed by atoms with van der Waals surface area (Å²) in [6.07, 6.45) is 0. The van der Waals surface area contributed by atoms with Crippen molar-refractivity contribution in [2.45, 2.75) is 4.90 Å². The molecule has 0 aliphatic rings. The summed E-state index contributed by atoms with van der Waals surface area (Å²) in [5, 5.41) is 8.56. The van der Waals surface area contributed by atoms with Crippen LogP contribution in [0.4, 0.5) is 0 Å². The van der Waals surface area contributed by atoms with Gasteiger partial charge in [0.1, 0.15) is 0 Å². The average molecular weight is 212 g/mol. The van der Waals surface area contributed by atoms with Gasteiger partial charge in [-0.3, -0.25) is 4.84 Å². The monoisotopic (exact) mass is 212 g/mol. The second-order valence-corrected chi connectivity index (χ2v) is 4.08. The van der Waals surface area contributed by atoms with Crippen molar-refractivity contribution in [2.24, 2.45) is 0 Å². The van der Waals surface area contributed by atoms with Gasteiger partial charge in [0.25, 0.3) is 10.0 Å². The molecule has 0 aliphatic heterocycles. The average Bonchev–Trinajstić information content (AvgIpc) is 2.18. The number of nitrogens with one attached hydrogen (secondary N) is 1. The van der Waals surface area contributed by atoms with Gasteiger partial charge in [-0.2, -0.15) is 5.26 Å². The lowest BCUT2D eigenvalue weighted by Gasteiger charge is -2.03. The highest BCUT2D eigenvalue weighted by molar-refractivity contribution is 7.89. The maximum Gasteiger partial charge on any atom is 0.262 e. The lowest BCUT2D eigenvalue weighted by molar-refractivity contribution is 0.153. The Labute approximate surface area is 81.9 Å². The molecule has 0 radical (unpaired) electrons. The molecule has 14 heavy (non-hydrogen) atoms. The second-order valence-electron chi connectivity index (χ2n) is 2.43. The normalized spacial score (nSPS) is 10.9. The van der Waals surface area contributed by atoms with Gasteiger partial charge < -0.3 is 0 Å². The molecule has 74 valence electrons. The van der Waals surface area contributed by atoms with Crippen molar-refractivity contribution >= 4 is 10.0 Å². The number of hydrogen-bond donors (Lipinski definition) is 1. The van der Waals surface area contributed by atoms with E-state index < -0.39 is 10.0 Å². The van der Waals surface area contributed by atoms with Gasteiger partial charge in [0.05, 0.1) is 23.6 Å². The molecule has 0 fully saturated rings. The minimum absolute atomic E-state index is 0.00148. The zero-order chi connectivity index (χ0) is 10.6. The summed E-state index contributed by atoms with van der Waals surface area (Å²) >= 11 is 0. The summed E-state index contributed by atoms with van der Waals surface area (Å²) in [5.74, 6) is 0. The molecule has 0 spiro atoms. The van der Waals surface area contributed by atoms with E-state index in [1.807, 2.05) is 11.0 Å². The Balaban J connectivity index is 3.15. The minimum Gasteiger partial charge on any atom is -0.290 e. The molecule has 0 unspecified atom stereocenters. The van der Waals surface area contributed by atoms with Crippen LogP contribution in [0.3, 0.4) is 0 Å². The van der Waals surface area contributed by atoms with Crippen LogP contribution in [-0.4, -0.2) is 15.5 Å². The molecule has 1 aromatic rings. The Kier molecular flexibility index (Phi) is 3.19. The molecule has 1 N–H and O–H groups in total. The third kappa shape index (κ3) is 2.29. The van der Waals surface area contributed by atoms with E-state index in [1.165, 1.54) is 31.4 Å². The molecule has 0 bridgehead atoms. The molecule has 0 saturated heterocycles. The van der Waals surface area contributed by atoms with Crippen molar-refractivity contribution in [1.29, 1.82) is 5.26 Å². The summed E-state index contributed by atoms with van der Waals surface area (Å²) in [5.41, 5.74) is 0.281. The first-order valence-electron chi connectivity index (χ1n) is 3.65. The first-order chi connectivity index (χ1) is 6.60. The van der Waals surface area contributed by atoms with Crippen molar-refractivity contribution < 1.29 is 13.3 Å². The molecule has 6 heteroatoms. The zero-order valence-electron chi connectivity index (χ0n) is 7.39. The van der Waals surface area contributed by atoms with Gasteiger partial charge in [0.15, 0.2) is 0 Å². The number of hydrogen-bond acceptors (Lipinski definition) is 4. The van der Waals surface area contributed by atoms with E-state index in [-0.39, 0.29) is 10.5 Å². The van der Waals surface area contributed by atoms with Crippen LogP contribution in [-0.2, 0) is 14.9 Å². The lowest BCUT2D eigenvalue weighted by Crippen LogP contribution is -2.22. The number of benzene rings is 1. The highest BCUT2D eigenvalue weighted by Gasteiger charge is 2.13. The Morgan fingerprint density at radius 1 is 1.50 bits per heavy atom. The van der Waals surface area contributed by atoms with E-state index in [0.717, 1.165) is 0 Å². The van der Waals surface area contributed by atoms with Crippen molar-refractivity contribution in [3.8, 4) is 6.07 Å². The molecule has 0 heterocycles. The SMILES string of the molecule is CONS(=O)(=O)c1cccc(C#N)c1. The number of rotatable bonds is 3. The van der Waals surface area contributed by atoms with Crippen LogP contribution in [0.25, 0.3) is 0 Å². The smallest absolute Gasteiger partial charge is 0.262 e. The predicted octanol–water partition coefficient (Wildman–Crippen LogP) is 0.398. The van der Waals surface area contributed by atoms with E-state index in [0.29, 0.717) is 0 Å². The predicted molar refractivity (Wildman–Crippen MR) is 48.5 cm³/mol. The van der Waals surface area contributed by atoms with Crippen LogP contribution in [0, 0.1) is 11.3 Å². The van der Waals surface area contributed by atoms with Gasteiger partial charge in [-0.25, -0.2) is 8.42 Å². The molecular formula is C8H8N2O3S. The quantitative estimate of drug-likeness (QED) is 0.735. The lowest BCUT2D eigenvalue weighted by atomic mass is 10.2. The first-order valence-corrected chi connectivity index (χ1v) is 5.13. The van der Waals surface area contributed by atoms with Gasteiger partial charge in [0.2, 0.25) is 0 Å². The molecule has 5 nitrogen and oxygen atoms in total. The molecular weight excluding hydrogens is 204 g/mol. The largest absolute Gasteiger partial charge is 0.290 e. The van der Waals surface area contributed by atoms with Gasteiger partial charge >= 0.3 is 0 Å². The Hall–Kier alpha value is -1.42. The summed E-state index contributed by atoms with van der Waals surface area (Å²) < 4.78 is 22.7. The third-order valence-corrected chi connectivity index (χ3v) is 2.73. The summed E-state index contributed by atoms with van der Waals surface area (Å²) in [6, 6.07) is 7.50. The number of nitrogens with zero attached hydrogens (tertiary/aromatic N) is 1. The maximum atomic E-state index is 11.4. The zero-order valence-corrected chi connectivity index (χ0v) is 8.21. The van der Waals surface area contributed by atoms with Crippen LogP contribution in [0.2, 0.25) is 0 Å². The molecule has 0 amide bonds. The van der Waals surface area contributed by atoms with Gasteiger partial charge in [-0.05, 0) is 18.2 Å². The maximum absolute atomic E-state index is 11.4.